The number of carboxylic acid groups (broad SMARTS) is 1. The van der Waals surface area contributed by atoms with Crippen LogP contribution in [0.4, 0.5) is 0 Å². The molecular formula is C14H11Li3O5. The van der Waals surface area contributed by atoms with E-state index >= 15 is 0 Å². The Morgan fingerprint density at radius 1 is 1.05 bits per heavy atom. The maximum absolute atomic E-state index is 11.9. The average molecular weight is 280 g/mol. The fraction of sp³-hybridized carbons (Fsp3) is 0.143. The van der Waals surface area contributed by atoms with E-state index in [2.05, 4.69) is 6.92 Å². The largest absolute Gasteiger partial charge is 1.00 e. The summed E-state index contributed by atoms with van der Waals surface area (Å²) in [6.45, 7) is 3.81. The minimum Gasteiger partial charge on any atom is -0.873 e. The number of benzene rings is 2. The van der Waals surface area contributed by atoms with Crippen molar-refractivity contribution in [1.82, 2.24) is 0 Å². The molecule has 0 radical (unpaired) electrons. The van der Waals surface area contributed by atoms with Crippen molar-refractivity contribution in [3.63, 3.8) is 0 Å². The van der Waals surface area contributed by atoms with E-state index < -0.39 is 11.7 Å². The Bertz CT molecular complexity index is 673. The van der Waals surface area contributed by atoms with Crippen LogP contribution in [0.15, 0.2) is 18.2 Å². The van der Waals surface area contributed by atoms with Crippen molar-refractivity contribution in [2.45, 2.75) is 0 Å². The third kappa shape index (κ3) is 4.15. The van der Waals surface area contributed by atoms with Gasteiger partial charge < -0.3 is 24.5 Å². The van der Waals surface area contributed by atoms with Crippen molar-refractivity contribution in [2.75, 3.05) is 14.2 Å². The molecule has 8 heteroatoms. The Labute approximate surface area is 164 Å². The van der Waals surface area contributed by atoms with E-state index in [1.807, 2.05) is 0 Å². The summed E-state index contributed by atoms with van der Waals surface area (Å²) in [5, 5.41) is 23.5. The van der Waals surface area contributed by atoms with E-state index in [9.17, 15) is 15.0 Å². The van der Waals surface area contributed by atoms with Gasteiger partial charge in [-0.2, -0.15) is 6.92 Å². The molecule has 0 spiro atoms. The van der Waals surface area contributed by atoms with E-state index in [4.69, 9.17) is 9.47 Å². The first-order valence-corrected chi connectivity index (χ1v) is 5.42. The van der Waals surface area contributed by atoms with Crippen molar-refractivity contribution in [3.05, 3.63) is 36.2 Å². The van der Waals surface area contributed by atoms with Gasteiger partial charge in [-0.25, -0.2) is 0 Å². The van der Waals surface area contributed by atoms with Crippen molar-refractivity contribution in [3.8, 4) is 17.2 Å². The van der Waals surface area contributed by atoms with Gasteiger partial charge in [-0.05, 0) is 11.6 Å². The monoisotopic (exact) mass is 280 g/mol. The molecule has 22 heavy (non-hydrogen) atoms. The molecule has 0 amide bonds. The Balaban J connectivity index is 0. The quantitative estimate of drug-likeness (QED) is 0.412. The molecule has 0 aromatic heterocycles. The summed E-state index contributed by atoms with van der Waals surface area (Å²) in [5.74, 6) is -1.10. The third-order valence-corrected chi connectivity index (χ3v) is 2.90. The summed E-state index contributed by atoms with van der Waals surface area (Å²) >= 11 is 0. The van der Waals surface area contributed by atoms with E-state index in [0.717, 1.165) is 6.07 Å². The van der Waals surface area contributed by atoms with Gasteiger partial charge in [-0.1, -0.05) is 11.5 Å². The minimum atomic E-state index is -1.41. The maximum Gasteiger partial charge on any atom is 1.00 e. The van der Waals surface area contributed by atoms with E-state index in [1.165, 1.54) is 26.4 Å². The SMILES string of the molecule is [CH2-]c1c(OC)c(OC)cc2c([O-])cc(C(=O)[O-])cc12.[Li+].[Li+].[Li+]. The molecule has 0 aliphatic carbocycles. The van der Waals surface area contributed by atoms with Crippen LogP contribution in [0.2, 0.25) is 0 Å². The zero-order valence-corrected chi connectivity index (χ0v) is 13.5. The molecule has 0 fully saturated rings. The second-order valence-corrected chi connectivity index (χ2v) is 3.95. The van der Waals surface area contributed by atoms with Crippen LogP contribution >= 0.6 is 0 Å². The topological polar surface area (TPSA) is 81.6 Å². The van der Waals surface area contributed by atoms with Crippen LogP contribution in [-0.2, 0) is 0 Å². The molecule has 0 atom stereocenters. The van der Waals surface area contributed by atoms with Crippen molar-refractivity contribution in [2.24, 2.45) is 0 Å². The molecule has 2 rings (SSSR count). The zero-order valence-electron chi connectivity index (χ0n) is 13.5. The number of ether oxygens (including phenoxy) is 2. The van der Waals surface area contributed by atoms with Gasteiger partial charge in [0.2, 0.25) is 0 Å². The first-order valence-electron chi connectivity index (χ1n) is 5.42. The second kappa shape index (κ2) is 9.39. The molecule has 0 N–H and O–H groups in total. The van der Waals surface area contributed by atoms with Crippen LogP contribution in [0, 0.1) is 6.92 Å². The number of aromatic carboxylic acids is 1. The van der Waals surface area contributed by atoms with Crippen LogP contribution in [0.25, 0.3) is 10.8 Å². The number of hydrogen-bond acceptors (Lipinski definition) is 5. The van der Waals surface area contributed by atoms with Crippen LogP contribution in [0.3, 0.4) is 0 Å². The molecule has 0 bridgehead atoms. The fourth-order valence-electron chi connectivity index (χ4n) is 1.99. The summed E-state index contributed by atoms with van der Waals surface area (Å²) in [6.07, 6.45) is 0. The minimum absolute atomic E-state index is 0. The van der Waals surface area contributed by atoms with Crippen LogP contribution in [-0.4, -0.2) is 20.2 Å². The number of carbonyl (C=O) groups excluding carboxylic acids is 1. The number of hydrogen-bond donors (Lipinski definition) is 0. The Morgan fingerprint density at radius 3 is 2.09 bits per heavy atom. The smallest absolute Gasteiger partial charge is 0.873 e. The molecule has 0 unspecified atom stereocenters. The van der Waals surface area contributed by atoms with Crippen molar-refractivity contribution < 1.29 is 81.1 Å². The Kier molecular flexibility index (Phi) is 10.0. The van der Waals surface area contributed by atoms with Gasteiger partial charge in [0.05, 0.1) is 25.9 Å². The summed E-state index contributed by atoms with van der Waals surface area (Å²) in [4.78, 5) is 10.9. The zero-order chi connectivity index (χ0) is 14.2. The first kappa shape index (κ1) is 23.5. The van der Waals surface area contributed by atoms with Crippen LogP contribution in [0.5, 0.6) is 17.2 Å². The first-order chi connectivity index (χ1) is 8.99. The summed E-state index contributed by atoms with van der Waals surface area (Å²) in [6, 6.07) is 3.86. The maximum atomic E-state index is 11.9. The third-order valence-electron chi connectivity index (χ3n) is 2.90. The molecular weight excluding hydrogens is 269 g/mol. The molecule has 5 nitrogen and oxygen atoms in total. The van der Waals surface area contributed by atoms with Crippen LogP contribution in [0.1, 0.15) is 15.9 Å². The van der Waals surface area contributed by atoms with Gasteiger partial charge in [0.15, 0.2) is 0 Å². The van der Waals surface area contributed by atoms with E-state index in [-0.39, 0.29) is 62.1 Å². The van der Waals surface area contributed by atoms with Gasteiger partial charge in [-0.15, -0.1) is 22.8 Å². The van der Waals surface area contributed by atoms with Crippen molar-refractivity contribution in [1.29, 1.82) is 0 Å². The Morgan fingerprint density at radius 2 is 1.64 bits per heavy atom. The van der Waals surface area contributed by atoms with Gasteiger partial charge in [0, 0.05) is 0 Å². The predicted octanol–water partition coefficient (Wildman–Crippen LogP) is -8.51. The molecule has 2 aromatic rings. The molecule has 0 heterocycles. The number of rotatable bonds is 3. The number of methoxy groups -OCH3 is 2. The molecule has 2 aromatic carbocycles. The molecule has 0 aliphatic rings. The summed E-state index contributed by atoms with van der Waals surface area (Å²) in [7, 11) is 2.89. The van der Waals surface area contributed by atoms with E-state index in [1.54, 1.807) is 0 Å². The van der Waals surface area contributed by atoms with Gasteiger partial charge in [0.1, 0.15) is 5.75 Å². The van der Waals surface area contributed by atoms with Gasteiger partial charge in [0.25, 0.3) is 0 Å². The Hall–Kier alpha value is -0.768. The molecule has 0 aliphatic heterocycles. The molecule has 100 valence electrons. The standard InChI is InChI=1S/C14H13O5.3Li/c1-7-9-4-8(14(16)17)5-11(15)10(9)6-12(18-2)13(7)19-3;;;/h4-6,15H,1H2,2-3H3,(H,16,17);;;/q-1;3*+1/p-2. The number of carbonyl (C=O) groups is 1. The van der Waals surface area contributed by atoms with Gasteiger partial charge in [-0.3, -0.25) is 0 Å². The number of carboxylic acids is 1. The summed E-state index contributed by atoms with van der Waals surface area (Å²) < 4.78 is 10.3. The normalized spacial score (nSPS) is 9.00. The second-order valence-electron chi connectivity index (χ2n) is 3.95. The summed E-state index contributed by atoms with van der Waals surface area (Å²) in [5.41, 5.74) is 0.215. The molecule has 0 saturated carbocycles. The number of fused-ring (bicyclic) bond motifs is 1. The fourth-order valence-corrected chi connectivity index (χ4v) is 1.99. The van der Waals surface area contributed by atoms with Gasteiger partial charge >= 0.3 is 56.6 Å². The van der Waals surface area contributed by atoms with E-state index in [0.29, 0.717) is 27.8 Å². The van der Waals surface area contributed by atoms with Crippen molar-refractivity contribution >= 4 is 16.7 Å². The van der Waals surface area contributed by atoms with Crippen LogP contribution < -0.4 is 76.3 Å². The average Bonchev–Trinajstić information content (AvgIpc) is 2.38. The predicted molar refractivity (Wildman–Crippen MR) is 65.3 cm³/mol. The molecule has 0 saturated heterocycles.